The minimum absolute atomic E-state index is 0.238. The second-order valence-electron chi connectivity index (χ2n) is 4.32. The van der Waals surface area contributed by atoms with E-state index in [1.165, 1.54) is 30.3 Å². The number of hydrogen-bond donors (Lipinski definition) is 0. The Labute approximate surface area is 131 Å². The van der Waals surface area contributed by atoms with Gasteiger partial charge in [-0.25, -0.2) is 9.59 Å². The molecule has 0 heterocycles. The predicted octanol–water partition coefficient (Wildman–Crippen LogP) is 3.41. The van der Waals surface area contributed by atoms with E-state index in [9.17, 15) is 35.9 Å². The van der Waals surface area contributed by atoms with E-state index < -0.39 is 37.5 Å². The third kappa shape index (κ3) is 6.71. The standard InChI is InChI=1S/C14H10F6O4/c15-13(16,17)11(21)23-6-2-5-9-3-1-4-10(7-9)8-24-12(22)14(18,19)20/h1-5,7H,6,8H2/b5-2-. The Bertz CT molecular complexity index is 618. The highest BCUT2D eigenvalue weighted by molar-refractivity contribution is 5.76. The van der Waals surface area contributed by atoms with Crippen molar-refractivity contribution >= 4 is 18.0 Å². The molecule has 1 rings (SSSR count). The average Bonchev–Trinajstić information content (AvgIpc) is 2.47. The molecular weight excluding hydrogens is 346 g/mol. The Kier molecular flexibility index (Phi) is 6.38. The lowest BCUT2D eigenvalue weighted by molar-refractivity contribution is -0.201. The number of halogens is 6. The van der Waals surface area contributed by atoms with E-state index in [0.717, 1.165) is 6.08 Å². The van der Waals surface area contributed by atoms with Gasteiger partial charge in [-0.3, -0.25) is 0 Å². The molecular formula is C14H10F6O4. The fraction of sp³-hybridized carbons (Fsp3) is 0.286. The van der Waals surface area contributed by atoms with E-state index in [-0.39, 0.29) is 5.56 Å². The van der Waals surface area contributed by atoms with E-state index in [0.29, 0.717) is 5.56 Å². The third-order valence-corrected chi connectivity index (χ3v) is 2.40. The number of esters is 2. The Morgan fingerprint density at radius 2 is 1.54 bits per heavy atom. The molecule has 1 aromatic carbocycles. The van der Waals surface area contributed by atoms with Crippen LogP contribution in [0.4, 0.5) is 26.3 Å². The van der Waals surface area contributed by atoms with Gasteiger partial charge in [0.15, 0.2) is 0 Å². The molecule has 0 aliphatic carbocycles. The van der Waals surface area contributed by atoms with Crippen molar-refractivity contribution in [2.75, 3.05) is 6.61 Å². The van der Waals surface area contributed by atoms with E-state index >= 15 is 0 Å². The van der Waals surface area contributed by atoms with Crippen molar-refractivity contribution in [3.63, 3.8) is 0 Å². The van der Waals surface area contributed by atoms with Crippen molar-refractivity contribution in [2.24, 2.45) is 0 Å². The van der Waals surface area contributed by atoms with Gasteiger partial charge in [0, 0.05) is 0 Å². The molecule has 24 heavy (non-hydrogen) atoms. The molecule has 0 fully saturated rings. The average molecular weight is 356 g/mol. The topological polar surface area (TPSA) is 52.6 Å². The second kappa shape index (κ2) is 7.84. The van der Waals surface area contributed by atoms with Crippen molar-refractivity contribution in [1.29, 1.82) is 0 Å². The highest BCUT2D eigenvalue weighted by Gasteiger charge is 2.41. The lowest BCUT2D eigenvalue weighted by atomic mass is 10.1. The Morgan fingerprint density at radius 3 is 2.12 bits per heavy atom. The lowest BCUT2D eigenvalue weighted by Gasteiger charge is -2.07. The van der Waals surface area contributed by atoms with E-state index in [1.54, 1.807) is 0 Å². The molecule has 0 amide bonds. The molecule has 0 saturated heterocycles. The van der Waals surface area contributed by atoms with Crippen molar-refractivity contribution in [3.8, 4) is 0 Å². The summed E-state index contributed by atoms with van der Waals surface area (Å²) in [5.74, 6) is -4.66. The van der Waals surface area contributed by atoms with Gasteiger partial charge in [0.05, 0.1) is 0 Å². The summed E-state index contributed by atoms with van der Waals surface area (Å²) in [5.41, 5.74) is 0.639. The van der Waals surface area contributed by atoms with Gasteiger partial charge in [-0.15, -0.1) is 0 Å². The summed E-state index contributed by atoms with van der Waals surface area (Å²) in [6, 6.07) is 5.69. The van der Waals surface area contributed by atoms with Crippen molar-refractivity contribution in [2.45, 2.75) is 19.0 Å². The van der Waals surface area contributed by atoms with Crippen LogP contribution in [0.1, 0.15) is 11.1 Å². The maximum atomic E-state index is 12.0. The predicted molar refractivity (Wildman–Crippen MR) is 68.3 cm³/mol. The van der Waals surface area contributed by atoms with Gasteiger partial charge in [-0.1, -0.05) is 24.3 Å². The van der Waals surface area contributed by atoms with Crippen molar-refractivity contribution in [3.05, 3.63) is 41.5 Å². The second-order valence-corrected chi connectivity index (χ2v) is 4.32. The zero-order chi connectivity index (χ0) is 18.4. The molecule has 0 bridgehead atoms. The summed E-state index contributed by atoms with van der Waals surface area (Å²) < 4.78 is 79.5. The van der Waals surface area contributed by atoms with Crippen LogP contribution in [0.5, 0.6) is 0 Å². The summed E-state index contributed by atoms with van der Waals surface area (Å²) >= 11 is 0. The van der Waals surface area contributed by atoms with Crippen LogP contribution in [0, 0.1) is 0 Å². The number of benzene rings is 1. The number of ether oxygens (including phenoxy) is 2. The fourth-order valence-electron chi connectivity index (χ4n) is 1.41. The number of hydrogen-bond acceptors (Lipinski definition) is 4. The van der Waals surface area contributed by atoms with Gasteiger partial charge in [-0.2, -0.15) is 26.3 Å². The third-order valence-electron chi connectivity index (χ3n) is 2.40. The molecule has 0 aliphatic rings. The molecule has 0 unspecified atom stereocenters. The smallest absolute Gasteiger partial charge is 0.455 e. The molecule has 132 valence electrons. The van der Waals surface area contributed by atoms with Crippen LogP contribution in [0.3, 0.4) is 0 Å². The van der Waals surface area contributed by atoms with Crippen LogP contribution < -0.4 is 0 Å². The van der Waals surface area contributed by atoms with E-state index in [4.69, 9.17) is 0 Å². The summed E-state index contributed by atoms with van der Waals surface area (Å²) in [7, 11) is 0. The monoisotopic (exact) mass is 356 g/mol. The largest absolute Gasteiger partial charge is 0.490 e. The van der Waals surface area contributed by atoms with E-state index in [1.807, 2.05) is 0 Å². The number of carbonyl (C=O) groups is 2. The highest BCUT2D eigenvalue weighted by atomic mass is 19.4. The maximum Gasteiger partial charge on any atom is 0.490 e. The molecule has 10 heteroatoms. The van der Waals surface area contributed by atoms with Crippen LogP contribution in [0.15, 0.2) is 30.3 Å². The molecule has 0 atom stereocenters. The maximum absolute atomic E-state index is 12.0. The molecule has 0 N–H and O–H groups in total. The van der Waals surface area contributed by atoms with Crippen molar-refractivity contribution in [1.82, 2.24) is 0 Å². The quantitative estimate of drug-likeness (QED) is 0.599. The number of rotatable bonds is 5. The summed E-state index contributed by atoms with van der Waals surface area (Å²) in [5, 5.41) is 0. The van der Waals surface area contributed by atoms with Gasteiger partial charge in [0.2, 0.25) is 0 Å². The van der Waals surface area contributed by atoms with Gasteiger partial charge < -0.3 is 9.47 Å². The number of carbonyl (C=O) groups excluding carboxylic acids is 2. The van der Waals surface area contributed by atoms with E-state index in [2.05, 4.69) is 9.47 Å². The lowest BCUT2D eigenvalue weighted by Crippen LogP contribution is -2.25. The first-order valence-electron chi connectivity index (χ1n) is 6.23. The van der Waals surface area contributed by atoms with Crippen LogP contribution >= 0.6 is 0 Å². The highest BCUT2D eigenvalue weighted by Crippen LogP contribution is 2.18. The normalized spacial score (nSPS) is 12.2. The van der Waals surface area contributed by atoms with Crippen LogP contribution in [-0.2, 0) is 25.7 Å². The summed E-state index contributed by atoms with van der Waals surface area (Å²) in [6.07, 6.45) is -7.78. The van der Waals surface area contributed by atoms with Crippen LogP contribution in [-0.4, -0.2) is 30.9 Å². The zero-order valence-electron chi connectivity index (χ0n) is 11.8. The molecule has 1 aromatic rings. The summed E-state index contributed by atoms with van der Waals surface area (Å²) in [4.78, 5) is 21.0. The molecule has 0 saturated carbocycles. The van der Waals surface area contributed by atoms with Gasteiger partial charge >= 0.3 is 24.3 Å². The minimum atomic E-state index is -5.10. The molecule has 4 nitrogen and oxygen atoms in total. The van der Waals surface area contributed by atoms with Gasteiger partial charge in [-0.05, 0) is 23.3 Å². The Morgan fingerprint density at radius 1 is 0.958 bits per heavy atom. The van der Waals surface area contributed by atoms with Gasteiger partial charge in [0.1, 0.15) is 13.2 Å². The number of alkyl halides is 6. The first kappa shape index (κ1) is 19.5. The first-order chi connectivity index (χ1) is 11.0. The first-order valence-corrected chi connectivity index (χ1v) is 6.23. The minimum Gasteiger partial charge on any atom is -0.455 e. The van der Waals surface area contributed by atoms with Crippen LogP contribution in [0.25, 0.3) is 6.08 Å². The Hall–Kier alpha value is -2.52. The Balaban J connectivity index is 2.55. The van der Waals surface area contributed by atoms with Gasteiger partial charge in [0.25, 0.3) is 0 Å². The van der Waals surface area contributed by atoms with Crippen LogP contribution in [0.2, 0.25) is 0 Å². The fourth-order valence-corrected chi connectivity index (χ4v) is 1.41. The molecule has 0 spiro atoms. The summed E-state index contributed by atoms with van der Waals surface area (Å²) in [6.45, 7) is -1.26. The molecule has 0 radical (unpaired) electrons. The molecule has 0 aromatic heterocycles. The zero-order valence-corrected chi connectivity index (χ0v) is 11.8. The SMILES string of the molecule is O=C(OC/C=C\c1cccc(COC(=O)C(F)(F)F)c1)C(F)(F)F. The van der Waals surface area contributed by atoms with Crippen molar-refractivity contribution < 1.29 is 45.4 Å². The molecule has 0 aliphatic heterocycles.